The summed E-state index contributed by atoms with van der Waals surface area (Å²) in [6, 6.07) is 3.58. The van der Waals surface area contributed by atoms with E-state index in [1.165, 1.54) is 11.8 Å². The van der Waals surface area contributed by atoms with Gasteiger partial charge < -0.3 is 9.15 Å². The van der Waals surface area contributed by atoms with Gasteiger partial charge in [0, 0.05) is 12.3 Å². The van der Waals surface area contributed by atoms with E-state index in [1.54, 1.807) is 19.3 Å². The molecule has 100 valence electrons. The van der Waals surface area contributed by atoms with Crippen LogP contribution in [-0.2, 0) is 20.7 Å². The second-order valence-corrected chi connectivity index (χ2v) is 5.01. The highest BCUT2D eigenvalue weighted by Crippen LogP contribution is 2.20. The van der Waals surface area contributed by atoms with E-state index >= 15 is 0 Å². The average molecular weight is 270 g/mol. The summed E-state index contributed by atoms with van der Waals surface area (Å²) in [5.41, 5.74) is 0. The Bertz CT molecular complexity index is 372. The van der Waals surface area contributed by atoms with Crippen LogP contribution in [0.15, 0.2) is 22.8 Å². The van der Waals surface area contributed by atoms with Crippen molar-refractivity contribution in [1.82, 2.24) is 0 Å². The molecule has 5 heteroatoms. The van der Waals surface area contributed by atoms with Gasteiger partial charge in [0.05, 0.1) is 19.3 Å². The molecule has 0 aliphatic heterocycles. The van der Waals surface area contributed by atoms with Gasteiger partial charge in [0.25, 0.3) is 0 Å². The van der Waals surface area contributed by atoms with Gasteiger partial charge in [-0.1, -0.05) is 18.7 Å². The molecule has 0 saturated heterocycles. The number of rotatable bonds is 7. The van der Waals surface area contributed by atoms with Crippen LogP contribution in [0.5, 0.6) is 0 Å². The summed E-state index contributed by atoms with van der Waals surface area (Å²) in [5.74, 6) is 0.713. The topological polar surface area (TPSA) is 56.5 Å². The maximum atomic E-state index is 11.9. The summed E-state index contributed by atoms with van der Waals surface area (Å²) in [5, 5.41) is 0.0157. The average Bonchev–Trinajstić information content (AvgIpc) is 2.81. The number of ether oxygens (including phenoxy) is 1. The Labute approximate surface area is 111 Å². The van der Waals surface area contributed by atoms with Crippen LogP contribution in [0.25, 0.3) is 0 Å². The molecule has 1 atom stereocenters. The number of hydrogen-bond acceptors (Lipinski definition) is 5. The van der Waals surface area contributed by atoms with Crippen molar-refractivity contribution in [3.05, 3.63) is 24.2 Å². The molecule has 1 aromatic rings. The Morgan fingerprint density at radius 2 is 2.22 bits per heavy atom. The molecule has 0 radical (unpaired) electrons. The van der Waals surface area contributed by atoms with Gasteiger partial charge in [0.2, 0.25) is 0 Å². The van der Waals surface area contributed by atoms with Gasteiger partial charge in [-0.05, 0) is 24.8 Å². The summed E-state index contributed by atoms with van der Waals surface area (Å²) >= 11 is 1.23. The van der Waals surface area contributed by atoms with Crippen molar-refractivity contribution in [3.63, 3.8) is 0 Å². The lowest BCUT2D eigenvalue weighted by molar-refractivity contribution is -0.145. The molecule has 0 aliphatic carbocycles. The van der Waals surface area contributed by atoms with Crippen molar-refractivity contribution in [2.45, 2.75) is 26.7 Å². The zero-order chi connectivity index (χ0) is 13.4. The maximum absolute atomic E-state index is 11.9. The van der Waals surface area contributed by atoms with E-state index in [0.29, 0.717) is 24.5 Å². The lowest BCUT2D eigenvalue weighted by Gasteiger charge is -2.12. The zero-order valence-corrected chi connectivity index (χ0v) is 11.5. The lowest BCUT2D eigenvalue weighted by atomic mass is 10.0. The molecule has 0 saturated carbocycles. The van der Waals surface area contributed by atoms with E-state index in [-0.39, 0.29) is 23.4 Å². The summed E-state index contributed by atoms with van der Waals surface area (Å²) in [6.07, 6.45) is 2.12. The fourth-order valence-electron chi connectivity index (χ4n) is 1.59. The van der Waals surface area contributed by atoms with E-state index in [4.69, 9.17) is 9.15 Å². The van der Waals surface area contributed by atoms with Crippen LogP contribution in [0.2, 0.25) is 0 Å². The standard InChI is InChI=1S/C13H18O4S/c1-3-16-12(14)9-10(13(15)18-4-2)8-11-6-5-7-17-11/h5-7,10H,3-4,8-9H2,1-2H3. The van der Waals surface area contributed by atoms with E-state index in [1.807, 2.05) is 13.0 Å². The fourth-order valence-corrected chi connectivity index (χ4v) is 2.28. The molecule has 0 aliphatic rings. The molecule has 4 nitrogen and oxygen atoms in total. The summed E-state index contributed by atoms with van der Waals surface area (Å²) in [7, 11) is 0. The van der Waals surface area contributed by atoms with Crippen LogP contribution in [-0.4, -0.2) is 23.4 Å². The van der Waals surface area contributed by atoms with Crippen LogP contribution in [0.1, 0.15) is 26.0 Å². The first-order valence-corrected chi connectivity index (χ1v) is 7.00. The third-order valence-corrected chi connectivity index (χ3v) is 3.27. The molecule has 0 fully saturated rings. The number of hydrogen-bond donors (Lipinski definition) is 0. The zero-order valence-electron chi connectivity index (χ0n) is 10.7. The molecule has 0 bridgehead atoms. The Balaban J connectivity index is 2.62. The van der Waals surface area contributed by atoms with Gasteiger partial charge in [-0.15, -0.1) is 0 Å². The largest absolute Gasteiger partial charge is 0.469 e. The number of carbonyl (C=O) groups is 2. The number of thioether (sulfide) groups is 1. The lowest BCUT2D eigenvalue weighted by Crippen LogP contribution is -2.20. The Morgan fingerprint density at radius 1 is 1.44 bits per heavy atom. The molecule has 0 N–H and O–H groups in total. The third-order valence-electron chi connectivity index (χ3n) is 2.37. The smallest absolute Gasteiger partial charge is 0.306 e. The Morgan fingerprint density at radius 3 is 2.78 bits per heavy atom. The first-order valence-electron chi connectivity index (χ1n) is 6.02. The second kappa shape index (κ2) is 7.97. The van der Waals surface area contributed by atoms with Crippen molar-refractivity contribution in [2.75, 3.05) is 12.4 Å². The van der Waals surface area contributed by atoms with Crippen LogP contribution in [0.3, 0.4) is 0 Å². The molecule has 1 unspecified atom stereocenters. The predicted octanol–water partition coefficient (Wildman–Crippen LogP) is 2.67. The van der Waals surface area contributed by atoms with E-state index in [9.17, 15) is 9.59 Å². The summed E-state index contributed by atoms with van der Waals surface area (Å²) in [6.45, 7) is 4.00. The SMILES string of the molecule is CCOC(=O)CC(Cc1ccco1)C(=O)SCC. The molecule has 1 heterocycles. The van der Waals surface area contributed by atoms with Crippen LogP contribution < -0.4 is 0 Å². The van der Waals surface area contributed by atoms with E-state index < -0.39 is 0 Å². The second-order valence-electron chi connectivity index (χ2n) is 3.74. The normalized spacial score (nSPS) is 12.1. The summed E-state index contributed by atoms with van der Waals surface area (Å²) in [4.78, 5) is 23.4. The highest BCUT2D eigenvalue weighted by molar-refractivity contribution is 8.13. The third kappa shape index (κ3) is 4.96. The maximum Gasteiger partial charge on any atom is 0.306 e. The number of carbonyl (C=O) groups excluding carboxylic acids is 2. The van der Waals surface area contributed by atoms with Gasteiger partial charge in [0.1, 0.15) is 5.76 Å². The minimum atomic E-state index is -0.375. The van der Waals surface area contributed by atoms with Gasteiger partial charge >= 0.3 is 5.97 Å². The molecule has 0 aromatic carbocycles. The number of furan rings is 1. The molecule has 0 amide bonds. The van der Waals surface area contributed by atoms with Gasteiger partial charge in [-0.25, -0.2) is 0 Å². The monoisotopic (exact) mass is 270 g/mol. The highest BCUT2D eigenvalue weighted by Gasteiger charge is 2.24. The van der Waals surface area contributed by atoms with Crippen LogP contribution in [0, 0.1) is 5.92 Å². The van der Waals surface area contributed by atoms with Gasteiger partial charge in [0.15, 0.2) is 5.12 Å². The molecule has 1 rings (SSSR count). The Kier molecular flexibility index (Phi) is 6.57. The van der Waals surface area contributed by atoms with E-state index in [2.05, 4.69) is 0 Å². The van der Waals surface area contributed by atoms with Crippen molar-refractivity contribution >= 4 is 22.8 Å². The Hall–Kier alpha value is -1.23. The minimum absolute atomic E-state index is 0.0157. The number of esters is 1. The highest BCUT2D eigenvalue weighted by atomic mass is 32.2. The van der Waals surface area contributed by atoms with E-state index in [0.717, 1.165) is 0 Å². The molecular formula is C13H18O4S. The first-order chi connectivity index (χ1) is 8.67. The van der Waals surface area contributed by atoms with Crippen LogP contribution >= 0.6 is 11.8 Å². The molecule has 0 spiro atoms. The minimum Gasteiger partial charge on any atom is -0.469 e. The van der Waals surface area contributed by atoms with Gasteiger partial charge in [-0.3, -0.25) is 9.59 Å². The summed E-state index contributed by atoms with van der Waals surface area (Å²) < 4.78 is 10.1. The first kappa shape index (κ1) is 14.8. The quantitative estimate of drug-likeness (QED) is 0.713. The van der Waals surface area contributed by atoms with Crippen molar-refractivity contribution in [1.29, 1.82) is 0 Å². The van der Waals surface area contributed by atoms with Crippen molar-refractivity contribution < 1.29 is 18.7 Å². The predicted molar refractivity (Wildman–Crippen MR) is 70.3 cm³/mol. The molecule has 18 heavy (non-hydrogen) atoms. The molecular weight excluding hydrogens is 252 g/mol. The van der Waals surface area contributed by atoms with Crippen molar-refractivity contribution in [3.8, 4) is 0 Å². The van der Waals surface area contributed by atoms with Crippen molar-refractivity contribution in [2.24, 2.45) is 5.92 Å². The van der Waals surface area contributed by atoms with Crippen LogP contribution in [0.4, 0.5) is 0 Å². The van der Waals surface area contributed by atoms with Gasteiger partial charge in [-0.2, -0.15) is 0 Å². The molecule has 1 aromatic heterocycles. The fraction of sp³-hybridized carbons (Fsp3) is 0.538.